The van der Waals surface area contributed by atoms with Gasteiger partial charge in [-0.1, -0.05) is 48.6 Å². The van der Waals surface area contributed by atoms with E-state index in [4.69, 9.17) is 0 Å². The van der Waals surface area contributed by atoms with Crippen LogP contribution in [0.5, 0.6) is 0 Å². The highest BCUT2D eigenvalue weighted by Crippen LogP contribution is 2.52. The number of fused-ring (bicyclic) bond motifs is 6. The van der Waals surface area contributed by atoms with Gasteiger partial charge in [-0.2, -0.15) is 0 Å². The highest BCUT2D eigenvalue weighted by molar-refractivity contribution is 5.21. The van der Waals surface area contributed by atoms with Crippen molar-refractivity contribution >= 4 is 0 Å². The largest absolute Gasteiger partial charge is 0.103 e. The van der Waals surface area contributed by atoms with Gasteiger partial charge in [-0.05, 0) is 73.0 Å². The minimum Gasteiger partial charge on any atom is -0.103 e. The molecule has 0 aromatic carbocycles. The first-order valence-corrected chi connectivity index (χ1v) is 9.08. The van der Waals surface area contributed by atoms with Crippen molar-refractivity contribution in [3.05, 3.63) is 61.8 Å². The molecule has 0 N–H and O–H groups in total. The van der Waals surface area contributed by atoms with Crippen LogP contribution in [-0.2, 0) is 0 Å². The predicted octanol–water partition coefficient (Wildman–Crippen LogP) is 5.57. The molecule has 116 valence electrons. The van der Waals surface area contributed by atoms with Crippen LogP contribution in [0.25, 0.3) is 0 Å². The lowest BCUT2D eigenvalue weighted by Gasteiger charge is -2.18. The molecule has 8 unspecified atom stereocenters. The fourth-order valence-corrected chi connectivity index (χ4v) is 5.76. The third-order valence-electron chi connectivity index (χ3n) is 6.91. The van der Waals surface area contributed by atoms with Crippen molar-refractivity contribution in [2.45, 2.75) is 25.7 Å². The van der Waals surface area contributed by atoms with E-state index in [0.29, 0.717) is 5.92 Å². The van der Waals surface area contributed by atoms with E-state index in [-0.39, 0.29) is 0 Å². The van der Waals surface area contributed by atoms with Crippen molar-refractivity contribution in [3.63, 3.8) is 0 Å². The third-order valence-corrected chi connectivity index (χ3v) is 6.91. The maximum atomic E-state index is 3.91. The molecule has 0 nitrogen and oxygen atoms in total. The Labute approximate surface area is 135 Å². The summed E-state index contributed by atoms with van der Waals surface area (Å²) < 4.78 is 0. The average molecular weight is 292 g/mol. The summed E-state index contributed by atoms with van der Waals surface area (Å²) in [5.41, 5.74) is 0. The van der Waals surface area contributed by atoms with Crippen LogP contribution in [0.2, 0.25) is 0 Å². The van der Waals surface area contributed by atoms with E-state index in [0.717, 1.165) is 41.4 Å². The van der Waals surface area contributed by atoms with Crippen LogP contribution < -0.4 is 0 Å². The second-order valence-corrected chi connectivity index (χ2v) is 7.79. The highest BCUT2D eigenvalue weighted by atomic mass is 14.5. The number of rotatable bonds is 2. The Morgan fingerprint density at radius 2 is 1.36 bits per heavy atom. The standard InChI is InChI=1S/C12H16.C10H12/c1-3-9-8-10(4-2)12-7-5-6-11(9)12;1-2-9-7-4-5-8(6-7)10(9)3-1/h3-6,9-12H,1-2,7-8H2;1-2,4-5,7-10H,3,6H2. The molecule has 22 heavy (non-hydrogen) atoms. The van der Waals surface area contributed by atoms with E-state index in [1.54, 1.807) is 0 Å². The molecule has 0 aromatic rings. The first-order valence-electron chi connectivity index (χ1n) is 9.08. The molecular formula is C22H28. The van der Waals surface area contributed by atoms with E-state index in [2.05, 4.69) is 61.8 Å². The van der Waals surface area contributed by atoms with E-state index in [1.165, 1.54) is 25.7 Å². The number of hydrogen-bond acceptors (Lipinski definition) is 0. The average Bonchev–Trinajstić information content (AvgIpc) is 3.31. The third kappa shape index (κ3) is 2.19. The first-order chi connectivity index (χ1) is 10.8. The summed E-state index contributed by atoms with van der Waals surface area (Å²) in [6, 6.07) is 0. The molecular weight excluding hydrogens is 264 g/mol. The predicted molar refractivity (Wildman–Crippen MR) is 94.2 cm³/mol. The molecule has 2 fully saturated rings. The zero-order chi connectivity index (χ0) is 15.1. The molecule has 2 saturated carbocycles. The smallest absolute Gasteiger partial charge is 0.0133 e. The highest BCUT2D eigenvalue weighted by Gasteiger charge is 2.44. The van der Waals surface area contributed by atoms with Crippen molar-refractivity contribution in [1.29, 1.82) is 0 Å². The Hall–Kier alpha value is -1.30. The molecule has 2 bridgehead atoms. The van der Waals surface area contributed by atoms with Crippen LogP contribution in [0.15, 0.2) is 61.8 Å². The van der Waals surface area contributed by atoms with E-state index in [9.17, 15) is 0 Å². The Balaban J connectivity index is 0.000000115. The zero-order valence-corrected chi connectivity index (χ0v) is 13.5. The van der Waals surface area contributed by atoms with Gasteiger partial charge >= 0.3 is 0 Å². The monoisotopic (exact) mass is 292 g/mol. The van der Waals surface area contributed by atoms with Gasteiger partial charge in [0.25, 0.3) is 0 Å². The fourth-order valence-electron chi connectivity index (χ4n) is 5.76. The topological polar surface area (TPSA) is 0 Å². The maximum Gasteiger partial charge on any atom is -0.0133 e. The van der Waals surface area contributed by atoms with Crippen LogP contribution in [0, 0.1) is 47.3 Å². The van der Waals surface area contributed by atoms with E-state index >= 15 is 0 Å². The Kier molecular flexibility index (Phi) is 3.72. The quantitative estimate of drug-likeness (QED) is 0.583. The second kappa shape index (κ2) is 5.72. The van der Waals surface area contributed by atoms with Gasteiger partial charge in [-0.25, -0.2) is 0 Å². The van der Waals surface area contributed by atoms with Gasteiger partial charge in [0.2, 0.25) is 0 Å². The summed E-state index contributed by atoms with van der Waals surface area (Å²) in [6.07, 6.45) is 24.0. The van der Waals surface area contributed by atoms with Crippen molar-refractivity contribution in [1.82, 2.24) is 0 Å². The van der Waals surface area contributed by atoms with Crippen LogP contribution in [-0.4, -0.2) is 0 Å². The molecule has 0 radical (unpaired) electrons. The molecule has 0 spiro atoms. The van der Waals surface area contributed by atoms with Crippen LogP contribution in [0.4, 0.5) is 0 Å². The lowest BCUT2D eigenvalue weighted by atomic mass is 9.86. The summed E-state index contributed by atoms with van der Waals surface area (Å²) in [5, 5.41) is 0. The summed E-state index contributed by atoms with van der Waals surface area (Å²) in [7, 11) is 0. The molecule has 5 rings (SSSR count). The first kappa shape index (κ1) is 14.3. The van der Waals surface area contributed by atoms with Crippen molar-refractivity contribution in [2.75, 3.05) is 0 Å². The van der Waals surface area contributed by atoms with E-state index in [1.807, 2.05) is 0 Å². The summed E-state index contributed by atoms with van der Waals surface area (Å²) in [6.45, 7) is 7.81. The molecule has 5 aliphatic carbocycles. The van der Waals surface area contributed by atoms with Gasteiger partial charge in [-0.3, -0.25) is 0 Å². The number of allylic oxidation sites excluding steroid dienone is 8. The van der Waals surface area contributed by atoms with Gasteiger partial charge in [0.1, 0.15) is 0 Å². The van der Waals surface area contributed by atoms with Crippen molar-refractivity contribution < 1.29 is 0 Å². The zero-order valence-electron chi connectivity index (χ0n) is 13.5. The van der Waals surface area contributed by atoms with Gasteiger partial charge in [-0.15, -0.1) is 13.2 Å². The van der Waals surface area contributed by atoms with Crippen LogP contribution in [0.1, 0.15) is 25.7 Å². The Bertz CT molecular complexity index is 534. The fraction of sp³-hybridized carbons (Fsp3) is 0.545. The minimum absolute atomic E-state index is 0.705. The molecule has 0 saturated heterocycles. The van der Waals surface area contributed by atoms with Gasteiger partial charge in [0.05, 0.1) is 0 Å². The van der Waals surface area contributed by atoms with E-state index < -0.39 is 0 Å². The SMILES string of the molecule is C1=CC2C3C=CC(C3)C2C1.C=CC1CC(C=C)C2CC=CC12. The maximum absolute atomic E-state index is 3.91. The minimum atomic E-state index is 0.705. The van der Waals surface area contributed by atoms with Crippen LogP contribution >= 0.6 is 0 Å². The lowest BCUT2D eigenvalue weighted by molar-refractivity contribution is 0.398. The Morgan fingerprint density at radius 1 is 0.682 bits per heavy atom. The van der Waals surface area contributed by atoms with Crippen molar-refractivity contribution in [3.8, 4) is 0 Å². The molecule has 0 aliphatic heterocycles. The van der Waals surface area contributed by atoms with Gasteiger partial charge in [0.15, 0.2) is 0 Å². The second-order valence-electron chi connectivity index (χ2n) is 7.79. The molecule has 8 atom stereocenters. The molecule has 0 amide bonds. The molecule has 0 heteroatoms. The van der Waals surface area contributed by atoms with Crippen LogP contribution in [0.3, 0.4) is 0 Å². The van der Waals surface area contributed by atoms with Crippen molar-refractivity contribution in [2.24, 2.45) is 47.3 Å². The summed E-state index contributed by atoms with van der Waals surface area (Å²) >= 11 is 0. The molecule has 0 aromatic heterocycles. The normalized spacial score (nSPS) is 48.9. The summed E-state index contributed by atoms with van der Waals surface area (Å²) in [4.78, 5) is 0. The number of hydrogen-bond donors (Lipinski definition) is 0. The summed E-state index contributed by atoms with van der Waals surface area (Å²) in [5.74, 6) is 6.87. The molecule has 0 heterocycles. The molecule has 5 aliphatic rings. The van der Waals surface area contributed by atoms with Gasteiger partial charge in [0, 0.05) is 0 Å². The Morgan fingerprint density at radius 3 is 2.09 bits per heavy atom. The van der Waals surface area contributed by atoms with Gasteiger partial charge < -0.3 is 0 Å². The lowest BCUT2D eigenvalue weighted by Crippen LogP contribution is -2.12.